The Labute approximate surface area is 89.7 Å². The van der Waals surface area contributed by atoms with Gasteiger partial charge in [0.1, 0.15) is 6.04 Å². The van der Waals surface area contributed by atoms with E-state index in [0.717, 1.165) is 13.0 Å². The number of likely N-dealkylation sites (N-methyl/N-ethyl adjacent to an activating group) is 1. The fraction of sp³-hybridized carbons (Fsp3) is 0.417. The lowest BCUT2D eigenvalue weighted by Crippen LogP contribution is -2.43. The Kier molecular flexibility index (Phi) is 2.73. The Morgan fingerprint density at radius 3 is 2.73 bits per heavy atom. The van der Waals surface area contributed by atoms with Gasteiger partial charge in [0.25, 0.3) is 0 Å². The molecule has 0 spiro atoms. The monoisotopic (exact) mass is 205 g/mol. The average molecular weight is 205 g/mol. The normalized spacial score (nSPS) is 20.8. The van der Waals surface area contributed by atoms with Gasteiger partial charge in [-0.25, -0.2) is 0 Å². The van der Waals surface area contributed by atoms with Crippen LogP contribution in [0.4, 0.5) is 0 Å². The number of nitrogens with zero attached hydrogens (tertiary/aromatic N) is 1. The molecule has 80 valence electrons. The van der Waals surface area contributed by atoms with E-state index in [-0.39, 0.29) is 12.0 Å². The van der Waals surface area contributed by atoms with Crippen molar-refractivity contribution in [1.82, 2.24) is 4.90 Å². The molecule has 0 fully saturated rings. The number of ether oxygens (including phenoxy) is 1. The molecule has 0 amide bonds. The molecule has 3 nitrogen and oxygen atoms in total. The molecule has 1 aliphatic rings. The van der Waals surface area contributed by atoms with E-state index in [1.165, 1.54) is 18.2 Å². The Hall–Kier alpha value is -1.35. The molecule has 1 aromatic carbocycles. The number of fused-ring (bicyclic) bond motifs is 1. The predicted octanol–water partition coefficient (Wildman–Crippen LogP) is 1.22. The van der Waals surface area contributed by atoms with Crippen molar-refractivity contribution in [2.75, 3.05) is 14.2 Å². The molecular weight excluding hydrogens is 190 g/mol. The molecule has 1 aliphatic heterocycles. The Morgan fingerprint density at radius 2 is 2.07 bits per heavy atom. The second-order valence-corrected chi connectivity index (χ2v) is 3.93. The number of hydrogen-bond acceptors (Lipinski definition) is 3. The third-order valence-electron chi connectivity index (χ3n) is 2.96. The Bertz CT molecular complexity index is 376. The SMILES string of the molecule is COC(=O)[C@H]1Cc2ccccc2CN1C. The molecule has 1 atom stereocenters. The highest BCUT2D eigenvalue weighted by Gasteiger charge is 2.29. The molecule has 0 aromatic heterocycles. The third-order valence-corrected chi connectivity index (χ3v) is 2.96. The van der Waals surface area contributed by atoms with Crippen LogP contribution in [-0.2, 0) is 22.5 Å². The van der Waals surface area contributed by atoms with E-state index < -0.39 is 0 Å². The molecule has 0 bridgehead atoms. The van der Waals surface area contributed by atoms with Crippen LogP contribution in [0.15, 0.2) is 24.3 Å². The zero-order chi connectivity index (χ0) is 10.8. The topological polar surface area (TPSA) is 29.5 Å². The fourth-order valence-corrected chi connectivity index (χ4v) is 2.05. The molecular formula is C12H15NO2. The van der Waals surface area contributed by atoms with Crippen molar-refractivity contribution in [3.63, 3.8) is 0 Å². The molecule has 1 heterocycles. The summed E-state index contributed by atoms with van der Waals surface area (Å²) in [6, 6.07) is 8.10. The van der Waals surface area contributed by atoms with Crippen molar-refractivity contribution < 1.29 is 9.53 Å². The number of carbonyl (C=O) groups is 1. The van der Waals surface area contributed by atoms with E-state index in [1.807, 2.05) is 24.1 Å². The van der Waals surface area contributed by atoms with Crippen LogP contribution in [-0.4, -0.2) is 31.1 Å². The van der Waals surface area contributed by atoms with Crippen LogP contribution in [0.1, 0.15) is 11.1 Å². The molecule has 0 aliphatic carbocycles. The predicted molar refractivity (Wildman–Crippen MR) is 57.4 cm³/mol. The molecule has 0 radical (unpaired) electrons. The summed E-state index contributed by atoms with van der Waals surface area (Å²) in [4.78, 5) is 13.6. The zero-order valence-corrected chi connectivity index (χ0v) is 9.06. The van der Waals surface area contributed by atoms with Gasteiger partial charge in [0.2, 0.25) is 0 Å². The van der Waals surface area contributed by atoms with Crippen LogP contribution in [0.2, 0.25) is 0 Å². The van der Waals surface area contributed by atoms with Crippen molar-refractivity contribution in [3.8, 4) is 0 Å². The van der Waals surface area contributed by atoms with E-state index in [4.69, 9.17) is 4.74 Å². The van der Waals surface area contributed by atoms with Gasteiger partial charge in [0, 0.05) is 6.54 Å². The molecule has 1 aromatic rings. The van der Waals surface area contributed by atoms with E-state index in [1.54, 1.807) is 0 Å². The van der Waals surface area contributed by atoms with Crippen LogP contribution < -0.4 is 0 Å². The van der Waals surface area contributed by atoms with Gasteiger partial charge in [-0.2, -0.15) is 0 Å². The lowest BCUT2D eigenvalue weighted by Gasteiger charge is -2.31. The van der Waals surface area contributed by atoms with Gasteiger partial charge in [-0.1, -0.05) is 24.3 Å². The minimum atomic E-state index is -0.146. The first kappa shape index (κ1) is 10.2. The number of benzene rings is 1. The van der Waals surface area contributed by atoms with Crippen LogP contribution in [0.3, 0.4) is 0 Å². The molecule has 0 unspecified atom stereocenters. The zero-order valence-electron chi connectivity index (χ0n) is 9.06. The lowest BCUT2D eigenvalue weighted by molar-refractivity contribution is -0.147. The quantitative estimate of drug-likeness (QED) is 0.645. The van der Waals surface area contributed by atoms with E-state index in [0.29, 0.717) is 0 Å². The highest BCUT2D eigenvalue weighted by Crippen LogP contribution is 2.22. The summed E-state index contributed by atoms with van der Waals surface area (Å²) < 4.78 is 4.79. The second-order valence-electron chi connectivity index (χ2n) is 3.93. The summed E-state index contributed by atoms with van der Waals surface area (Å²) >= 11 is 0. The van der Waals surface area contributed by atoms with Crippen molar-refractivity contribution in [1.29, 1.82) is 0 Å². The fourth-order valence-electron chi connectivity index (χ4n) is 2.05. The highest BCUT2D eigenvalue weighted by atomic mass is 16.5. The summed E-state index contributed by atoms with van der Waals surface area (Å²) in [6.07, 6.45) is 0.749. The summed E-state index contributed by atoms with van der Waals surface area (Å²) in [5, 5.41) is 0. The van der Waals surface area contributed by atoms with Crippen molar-refractivity contribution in [2.45, 2.75) is 19.0 Å². The maximum Gasteiger partial charge on any atom is 0.323 e. The molecule has 2 rings (SSSR count). The summed E-state index contributed by atoms with van der Waals surface area (Å²) in [7, 11) is 3.40. The third kappa shape index (κ3) is 1.88. The van der Waals surface area contributed by atoms with E-state index in [9.17, 15) is 4.79 Å². The minimum absolute atomic E-state index is 0.134. The van der Waals surface area contributed by atoms with Gasteiger partial charge < -0.3 is 4.74 Å². The standard InChI is InChI=1S/C12H15NO2/c1-13-8-10-6-4-3-5-9(10)7-11(13)12(14)15-2/h3-6,11H,7-8H2,1-2H3/t11-/m1/s1. The number of methoxy groups -OCH3 is 1. The van der Waals surface area contributed by atoms with Gasteiger partial charge >= 0.3 is 5.97 Å². The minimum Gasteiger partial charge on any atom is -0.468 e. The first-order valence-electron chi connectivity index (χ1n) is 5.07. The molecule has 0 N–H and O–H groups in total. The van der Waals surface area contributed by atoms with Crippen molar-refractivity contribution >= 4 is 5.97 Å². The highest BCUT2D eigenvalue weighted by molar-refractivity contribution is 5.76. The number of esters is 1. The van der Waals surface area contributed by atoms with Crippen LogP contribution in [0.5, 0.6) is 0 Å². The van der Waals surface area contributed by atoms with Gasteiger partial charge in [-0.3, -0.25) is 9.69 Å². The molecule has 15 heavy (non-hydrogen) atoms. The lowest BCUT2D eigenvalue weighted by atomic mass is 9.94. The Morgan fingerprint density at radius 1 is 1.40 bits per heavy atom. The van der Waals surface area contributed by atoms with Crippen molar-refractivity contribution in [2.24, 2.45) is 0 Å². The molecule has 0 saturated carbocycles. The second kappa shape index (κ2) is 4.03. The van der Waals surface area contributed by atoms with Gasteiger partial charge in [0.15, 0.2) is 0 Å². The maximum atomic E-state index is 11.5. The largest absolute Gasteiger partial charge is 0.468 e. The molecule has 3 heteroatoms. The molecule has 0 saturated heterocycles. The average Bonchev–Trinajstić information content (AvgIpc) is 2.27. The summed E-state index contributed by atoms with van der Waals surface area (Å²) in [5.41, 5.74) is 2.56. The van der Waals surface area contributed by atoms with Crippen molar-refractivity contribution in [3.05, 3.63) is 35.4 Å². The number of hydrogen-bond donors (Lipinski definition) is 0. The first-order valence-corrected chi connectivity index (χ1v) is 5.07. The smallest absolute Gasteiger partial charge is 0.323 e. The van der Waals surface area contributed by atoms with E-state index in [2.05, 4.69) is 12.1 Å². The van der Waals surface area contributed by atoms with Crippen LogP contribution in [0.25, 0.3) is 0 Å². The number of carbonyl (C=O) groups excluding carboxylic acids is 1. The first-order chi connectivity index (χ1) is 7.22. The van der Waals surface area contributed by atoms with Gasteiger partial charge in [-0.15, -0.1) is 0 Å². The van der Waals surface area contributed by atoms with E-state index >= 15 is 0 Å². The Balaban J connectivity index is 2.25. The van der Waals surface area contributed by atoms with Gasteiger partial charge in [0.05, 0.1) is 7.11 Å². The maximum absolute atomic E-state index is 11.5. The summed E-state index contributed by atoms with van der Waals surface area (Å²) in [5.74, 6) is -0.146. The number of rotatable bonds is 1. The van der Waals surface area contributed by atoms with Crippen LogP contribution in [0, 0.1) is 0 Å². The van der Waals surface area contributed by atoms with Gasteiger partial charge in [-0.05, 0) is 24.6 Å². The summed E-state index contributed by atoms with van der Waals surface area (Å²) in [6.45, 7) is 0.815. The van der Waals surface area contributed by atoms with Crippen LogP contribution >= 0.6 is 0 Å².